The lowest BCUT2D eigenvalue weighted by atomic mass is 10.2. The Morgan fingerprint density at radius 1 is 0.848 bits per heavy atom. The molecule has 3 aromatic carbocycles. The molecule has 3 aromatic rings. The average Bonchev–Trinajstić information content (AvgIpc) is 2.79. The summed E-state index contributed by atoms with van der Waals surface area (Å²) < 4.78 is 10.4. The van der Waals surface area contributed by atoms with E-state index < -0.39 is 17.8 Å². The molecule has 10 heteroatoms. The largest absolute Gasteiger partial charge is 0.497 e. The van der Waals surface area contributed by atoms with Gasteiger partial charge in [0.25, 0.3) is 0 Å². The minimum atomic E-state index is -0.979. The van der Waals surface area contributed by atoms with Crippen molar-refractivity contribution in [2.24, 2.45) is 5.10 Å². The number of hydrogen-bond donors (Lipinski definition) is 2. The maximum Gasteiger partial charge on any atom is 0.343 e. The van der Waals surface area contributed by atoms with Crippen LogP contribution in [-0.4, -0.2) is 31.1 Å². The van der Waals surface area contributed by atoms with Crippen molar-refractivity contribution in [3.63, 3.8) is 0 Å². The molecule has 0 aromatic heterocycles. The molecule has 0 fully saturated rings. The lowest BCUT2D eigenvalue weighted by molar-refractivity contribution is -0.136. The molecule has 0 heterocycles. The van der Waals surface area contributed by atoms with Crippen molar-refractivity contribution >= 4 is 52.9 Å². The number of rotatable bonds is 6. The lowest BCUT2D eigenvalue weighted by Crippen LogP contribution is -2.32. The topological polar surface area (TPSA) is 106 Å². The molecule has 0 atom stereocenters. The molecule has 33 heavy (non-hydrogen) atoms. The van der Waals surface area contributed by atoms with Gasteiger partial charge in [0, 0.05) is 15.7 Å². The Bertz CT molecular complexity index is 1180. The summed E-state index contributed by atoms with van der Waals surface area (Å²) >= 11 is 11.7. The smallest absolute Gasteiger partial charge is 0.343 e. The van der Waals surface area contributed by atoms with Gasteiger partial charge in [-0.1, -0.05) is 23.2 Å². The van der Waals surface area contributed by atoms with Crippen LogP contribution in [0, 0.1) is 0 Å². The second-order valence-electron chi connectivity index (χ2n) is 6.50. The van der Waals surface area contributed by atoms with Crippen molar-refractivity contribution in [3.8, 4) is 11.5 Å². The number of benzene rings is 3. The van der Waals surface area contributed by atoms with Crippen LogP contribution >= 0.6 is 23.2 Å². The Morgan fingerprint density at radius 2 is 1.45 bits per heavy atom. The third-order valence-corrected chi connectivity index (χ3v) is 4.56. The standard InChI is InChI=1S/C23H17Cl2N3O5/c1-32-19-8-4-15(5-9-19)23(31)33-20-6-2-14(3-7-20)13-26-28-22(30)21(29)27-18-11-16(24)10-17(25)12-18/h2-13H,1H3,(H,27,29)(H,28,30). The number of amides is 2. The van der Waals surface area contributed by atoms with Crippen molar-refractivity contribution < 1.29 is 23.9 Å². The Hall–Kier alpha value is -3.88. The number of methoxy groups -OCH3 is 1. The van der Waals surface area contributed by atoms with E-state index in [1.165, 1.54) is 31.5 Å². The number of hydrazone groups is 1. The second kappa shape index (κ2) is 11.1. The van der Waals surface area contributed by atoms with Crippen molar-refractivity contribution in [3.05, 3.63) is 87.9 Å². The van der Waals surface area contributed by atoms with Crippen LogP contribution in [0.5, 0.6) is 11.5 Å². The fraction of sp³-hybridized carbons (Fsp3) is 0.0435. The van der Waals surface area contributed by atoms with Gasteiger partial charge in [-0.25, -0.2) is 10.2 Å². The monoisotopic (exact) mass is 485 g/mol. The molecule has 0 unspecified atom stereocenters. The van der Waals surface area contributed by atoms with E-state index in [0.29, 0.717) is 32.7 Å². The van der Waals surface area contributed by atoms with Gasteiger partial charge in [0.1, 0.15) is 11.5 Å². The molecule has 0 aliphatic rings. The summed E-state index contributed by atoms with van der Waals surface area (Å²) in [6, 6.07) is 17.3. The quantitative estimate of drug-likeness (QED) is 0.178. The van der Waals surface area contributed by atoms with E-state index in [2.05, 4.69) is 15.8 Å². The molecule has 0 radical (unpaired) electrons. The van der Waals surface area contributed by atoms with Gasteiger partial charge >= 0.3 is 17.8 Å². The number of carbonyl (C=O) groups is 3. The van der Waals surface area contributed by atoms with Crippen LogP contribution in [0.2, 0.25) is 10.0 Å². The first-order valence-corrected chi connectivity index (χ1v) is 10.2. The molecule has 2 amide bonds. The van der Waals surface area contributed by atoms with Gasteiger partial charge in [0.15, 0.2) is 0 Å². The van der Waals surface area contributed by atoms with Crippen molar-refractivity contribution in [2.75, 3.05) is 12.4 Å². The predicted molar refractivity (Wildman–Crippen MR) is 125 cm³/mol. The van der Waals surface area contributed by atoms with Crippen LogP contribution in [0.25, 0.3) is 0 Å². The first-order valence-electron chi connectivity index (χ1n) is 9.41. The summed E-state index contributed by atoms with van der Waals surface area (Å²) in [5.41, 5.74) is 3.37. The highest BCUT2D eigenvalue weighted by molar-refractivity contribution is 6.40. The zero-order valence-electron chi connectivity index (χ0n) is 17.2. The molecule has 8 nitrogen and oxygen atoms in total. The van der Waals surface area contributed by atoms with E-state index >= 15 is 0 Å². The fourth-order valence-corrected chi connectivity index (χ4v) is 3.07. The van der Waals surface area contributed by atoms with Crippen LogP contribution in [0.3, 0.4) is 0 Å². The van der Waals surface area contributed by atoms with Crippen molar-refractivity contribution in [2.45, 2.75) is 0 Å². The Labute approximate surface area is 199 Å². The summed E-state index contributed by atoms with van der Waals surface area (Å²) in [6.45, 7) is 0. The van der Waals surface area contributed by atoms with Gasteiger partial charge in [-0.15, -0.1) is 0 Å². The number of nitrogens with zero attached hydrogens (tertiary/aromatic N) is 1. The fourth-order valence-electron chi connectivity index (χ4n) is 2.55. The number of nitrogens with one attached hydrogen (secondary N) is 2. The number of ether oxygens (including phenoxy) is 2. The van der Waals surface area contributed by atoms with Gasteiger partial charge in [0.2, 0.25) is 0 Å². The molecule has 0 spiro atoms. The van der Waals surface area contributed by atoms with E-state index in [9.17, 15) is 14.4 Å². The first kappa shape index (κ1) is 23.8. The molecule has 3 rings (SSSR count). The van der Waals surface area contributed by atoms with E-state index in [4.69, 9.17) is 32.7 Å². The number of anilines is 1. The molecular weight excluding hydrogens is 469 g/mol. The van der Waals surface area contributed by atoms with E-state index in [1.54, 1.807) is 48.5 Å². The number of halogens is 2. The first-order chi connectivity index (χ1) is 15.8. The zero-order chi connectivity index (χ0) is 23.8. The zero-order valence-corrected chi connectivity index (χ0v) is 18.7. The van der Waals surface area contributed by atoms with Gasteiger partial charge in [-0.05, 0) is 72.3 Å². The Kier molecular flexibility index (Phi) is 8.01. The number of esters is 1. The predicted octanol–water partition coefficient (Wildman–Crippen LogP) is 4.31. The summed E-state index contributed by atoms with van der Waals surface area (Å²) in [5, 5.41) is 6.73. The third-order valence-electron chi connectivity index (χ3n) is 4.12. The summed E-state index contributed by atoms with van der Waals surface area (Å²) in [5.74, 6) is -1.47. The average molecular weight is 486 g/mol. The number of carbonyl (C=O) groups excluding carboxylic acids is 3. The molecule has 0 aliphatic carbocycles. The Balaban J connectivity index is 1.51. The minimum absolute atomic E-state index is 0.274. The van der Waals surface area contributed by atoms with Crippen LogP contribution in [0.15, 0.2) is 71.8 Å². The molecule has 0 saturated heterocycles. The van der Waals surface area contributed by atoms with E-state index in [0.717, 1.165) is 0 Å². The summed E-state index contributed by atoms with van der Waals surface area (Å²) in [7, 11) is 1.54. The van der Waals surface area contributed by atoms with Crippen LogP contribution < -0.4 is 20.2 Å². The van der Waals surface area contributed by atoms with E-state index in [-0.39, 0.29) is 5.69 Å². The van der Waals surface area contributed by atoms with Crippen molar-refractivity contribution in [1.82, 2.24) is 5.43 Å². The highest BCUT2D eigenvalue weighted by Gasteiger charge is 2.13. The summed E-state index contributed by atoms with van der Waals surface area (Å²) in [6.07, 6.45) is 1.33. The van der Waals surface area contributed by atoms with Gasteiger partial charge in [-0.2, -0.15) is 5.10 Å². The molecule has 2 N–H and O–H groups in total. The highest BCUT2D eigenvalue weighted by Crippen LogP contribution is 2.22. The molecule has 0 bridgehead atoms. The van der Waals surface area contributed by atoms with Gasteiger partial charge in [-0.3, -0.25) is 9.59 Å². The summed E-state index contributed by atoms with van der Waals surface area (Å²) in [4.78, 5) is 36.0. The van der Waals surface area contributed by atoms with Crippen LogP contribution in [0.4, 0.5) is 5.69 Å². The van der Waals surface area contributed by atoms with Gasteiger partial charge < -0.3 is 14.8 Å². The van der Waals surface area contributed by atoms with Crippen LogP contribution in [0.1, 0.15) is 15.9 Å². The maximum absolute atomic E-state index is 12.2. The third kappa shape index (κ3) is 7.06. The highest BCUT2D eigenvalue weighted by atomic mass is 35.5. The SMILES string of the molecule is COc1ccc(C(=O)Oc2ccc(C=NNC(=O)C(=O)Nc3cc(Cl)cc(Cl)c3)cc2)cc1. The normalized spacial score (nSPS) is 10.5. The maximum atomic E-state index is 12.2. The molecular formula is C23H17Cl2N3O5. The number of hydrogen-bond acceptors (Lipinski definition) is 6. The Morgan fingerprint density at radius 3 is 2.06 bits per heavy atom. The lowest BCUT2D eigenvalue weighted by Gasteiger charge is -2.06. The second-order valence-corrected chi connectivity index (χ2v) is 7.37. The molecule has 0 aliphatic heterocycles. The van der Waals surface area contributed by atoms with Crippen LogP contribution in [-0.2, 0) is 9.59 Å². The minimum Gasteiger partial charge on any atom is -0.497 e. The molecule has 168 valence electrons. The van der Waals surface area contributed by atoms with Crippen molar-refractivity contribution in [1.29, 1.82) is 0 Å². The van der Waals surface area contributed by atoms with E-state index in [1.807, 2.05) is 0 Å². The van der Waals surface area contributed by atoms with Gasteiger partial charge in [0.05, 0.1) is 18.9 Å². The molecule has 0 saturated carbocycles.